The van der Waals surface area contributed by atoms with Crippen molar-refractivity contribution in [3.8, 4) is 0 Å². The number of thioether (sulfide) groups is 1. The molecule has 0 radical (unpaired) electrons. The minimum Gasteiger partial charge on any atom is -0.343 e. The molecular weight excluding hydrogens is 486 g/mol. The van der Waals surface area contributed by atoms with Crippen molar-refractivity contribution >= 4 is 39.3 Å². The lowest BCUT2D eigenvalue weighted by molar-refractivity contribution is -0.116. The maximum Gasteiger partial charge on any atom is 0.257 e. The summed E-state index contributed by atoms with van der Waals surface area (Å²) in [6.45, 7) is 2.06. The van der Waals surface area contributed by atoms with Crippen LogP contribution in [0.15, 0.2) is 74.2 Å². The monoisotopic (exact) mass is 507 g/mol. The van der Waals surface area contributed by atoms with Crippen LogP contribution in [0.3, 0.4) is 0 Å². The van der Waals surface area contributed by atoms with E-state index in [1.165, 1.54) is 22.9 Å². The Morgan fingerprint density at radius 2 is 1.81 bits per heavy atom. The standard InChI is InChI=1S/C25H22BrN3O2S/c1-14-5-7-15(8-6-14)13-32-25-28-23-22(24(31)29-25)20(16-9-11-17(26)12-10-16)21-18(27-23)3-2-4-19(21)30/h5-12,20H,2-4,13H2,1H3,(H2,27,28,29,31). The molecule has 5 rings (SSSR count). The number of halogens is 1. The van der Waals surface area contributed by atoms with Gasteiger partial charge in [0.15, 0.2) is 10.9 Å². The fraction of sp³-hybridized carbons (Fsp3) is 0.240. The number of nitrogens with zero attached hydrogens (tertiary/aromatic N) is 1. The number of ketones is 1. The number of carbonyl (C=O) groups excluding carboxylic acids is 1. The van der Waals surface area contributed by atoms with Crippen LogP contribution in [0.2, 0.25) is 0 Å². The molecule has 0 saturated carbocycles. The molecule has 0 bridgehead atoms. The number of aryl methyl sites for hydroxylation is 1. The average molecular weight is 508 g/mol. The van der Waals surface area contributed by atoms with Gasteiger partial charge in [-0.3, -0.25) is 9.59 Å². The summed E-state index contributed by atoms with van der Waals surface area (Å²) >= 11 is 4.97. The summed E-state index contributed by atoms with van der Waals surface area (Å²) in [5.74, 6) is 0.968. The Morgan fingerprint density at radius 1 is 1.06 bits per heavy atom. The van der Waals surface area contributed by atoms with Crippen molar-refractivity contribution in [1.29, 1.82) is 0 Å². The third-order valence-electron chi connectivity index (χ3n) is 5.94. The van der Waals surface area contributed by atoms with Crippen molar-refractivity contribution in [3.05, 3.63) is 96.9 Å². The zero-order chi connectivity index (χ0) is 22.2. The number of carbonyl (C=O) groups is 1. The number of fused-ring (bicyclic) bond motifs is 1. The molecule has 2 N–H and O–H groups in total. The number of nitrogens with one attached hydrogen (secondary N) is 2. The highest BCUT2D eigenvalue weighted by molar-refractivity contribution is 9.10. The number of hydrogen-bond acceptors (Lipinski definition) is 5. The normalized spacial score (nSPS) is 17.6. The van der Waals surface area contributed by atoms with Crippen LogP contribution in [-0.2, 0) is 10.5 Å². The second-order valence-corrected chi connectivity index (χ2v) is 10.1. The second kappa shape index (κ2) is 8.71. The molecule has 2 aliphatic rings. The predicted molar refractivity (Wildman–Crippen MR) is 131 cm³/mol. The molecule has 3 aromatic rings. The van der Waals surface area contributed by atoms with Crippen LogP contribution in [0.25, 0.3) is 0 Å². The molecule has 32 heavy (non-hydrogen) atoms. The van der Waals surface area contributed by atoms with Gasteiger partial charge in [-0.2, -0.15) is 0 Å². The summed E-state index contributed by atoms with van der Waals surface area (Å²) in [5.41, 5.74) is 5.23. The molecule has 1 atom stereocenters. The largest absolute Gasteiger partial charge is 0.343 e. The van der Waals surface area contributed by atoms with Gasteiger partial charge in [-0.05, 0) is 43.0 Å². The van der Waals surface area contributed by atoms with Gasteiger partial charge in [0.2, 0.25) is 0 Å². The third-order valence-corrected chi connectivity index (χ3v) is 7.41. The van der Waals surface area contributed by atoms with Gasteiger partial charge in [0.05, 0.1) is 5.56 Å². The third kappa shape index (κ3) is 4.07. The van der Waals surface area contributed by atoms with Gasteiger partial charge < -0.3 is 10.3 Å². The summed E-state index contributed by atoms with van der Waals surface area (Å²) in [6, 6.07) is 16.2. The van der Waals surface area contributed by atoms with Crippen molar-refractivity contribution < 1.29 is 4.79 Å². The molecule has 0 fully saturated rings. The molecule has 2 aromatic carbocycles. The Kier molecular flexibility index (Phi) is 5.78. The lowest BCUT2D eigenvalue weighted by Crippen LogP contribution is -2.32. The first-order chi connectivity index (χ1) is 15.5. The minimum atomic E-state index is -0.408. The van der Waals surface area contributed by atoms with Crippen molar-refractivity contribution in [2.45, 2.75) is 43.0 Å². The molecule has 1 aliphatic carbocycles. The molecule has 1 aromatic heterocycles. The van der Waals surface area contributed by atoms with Crippen molar-refractivity contribution in [2.75, 3.05) is 5.32 Å². The summed E-state index contributed by atoms with van der Waals surface area (Å²) in [6.07, 6.45) is 2.11. The predicted octanol–water partition coefficient (Wildman–Crippen LogP) is 5.70. The van der Waals surface area contributed by atoms with Gasteiger partial charge in [0.25, 0.3) is 5.56 Å². The first-order valence-corrected chi connectivity index (χ1v) is 12.4. The number of aromatic nitrogens is 2. The van der Waals surface area contributed by atoms with E-state index in [0.717, 1.165) is 28.6 Å². The zero-order valence-corrected chi connectivity index (χ0v) is 20.0. The molecule has 1 aliphatic heterocycles. The number of allylic oxidation sites excluding steroid dienone is 2. The Bertz CT molecular complexity index is 1280. The van der Waals surface area contributed by atoms with Crippen molar-refractivity contribution in [2.24, 2.45) is 0 Å². The van der Waals surface area contributed by atoms with Crippen molar-refractivity contribution in [3.63, 3.8) is 0 Å². The van der Waals surface area contributed by atoms with E-state index in [1.54, 1.807) is 0 Å². The highest BCUT2D eigenvalue weighted by Gasteiger charge is 2.37. The lowest BCUT2D eigenvalue weighted by atomic mass is 9.76. The number of H-pyrrole nitrogens is 1. The number of Topliss-reactive ketones (excluding diaryl/α,β-unsaturated/α-hetero) is 1. The van der Waals surface area contributed by atoms with Gasteiger partial charge in [-0.1, -0.05) is 69.7 Å². The van der Waals surface area contributed by atoms with Gasteiger partial charge >= 0.3 is 0 Å². The van der Waals surface area contributed by atoms with Crippen LogP contribution in [-0.4, -0.2) is 15.8 Å². The smallest absolute Gasteiger partial charge is 0.257 e. The van der Waals surface area contributed by atoms with Crippen LogP contribution in [0.5, 0.6) is 0 Å². The van der Waals surface area contributed by atoms with Crippen LogP contribution < -0.4 is 10.9 Å². The molecule has 0 amide bonds. The molecule has 7 heteroatoms. The molecule has 0 spiro atoms. The van der Waals surface area contributed by atoms with E-state index in [1.807, 2.05) is 24.3 Å². The highest BCUT2D eigenvalue weighted by Crippen LogP contribution is 2.43. The van der Waals surface area contributed by atoms with Gasteiger partial charge in [-0.15, -0.1) is 0 Å². The van der Waals surface area contributed by atoms with E-state index in [0.29, 0.717) is 34.3 Å². The van der Waals surface area contributed by atoms with Gasteiger partial charge in [-0.25, -0.2) is 4.98 Å². The number of anilines is 1. The zero-order valence-electron chi connectivity index (χ0n) is 17.6. The molecular formula is C25H22BrN3O2S. The number of aromatic amines is 1. The number of rotatable bonds is 4. The van der Waals surface area contributed by atoms with E-state index in [4.69, 9.17) is 4.98 Å². The van der Waals surface area contributed by atoms with Gasteiger partial charge in [0, 0.05) is 33.8 Å². The molecule has 1 unspecified atom stereocenters. The van der Waals surface area contributed by atoms with Gasteiger partial charge in [0.1, 0.15) is 5.82 Å². The molecule has 2 heterocycles. The minimum absolute atomic E-state index is 0.106. The second-order valence-electron chi connectivity index (χ2n) is 8.19. The quantitative estimate of drug-likeness (QED) is 0.350. The first kappa shape index (κ1) is 21.2. The molecule has 5 nitrogen and oxygen atoms in total. The van der Waals surface area contributed by atoms with E-state index in [-0.39, 0.29) is 11.3 Å². The Labute approximate surface area is 198 Å². The fourth-order valence-corrected chi connectivity index (χ4v) is 5.41. The van der Waals surface area contributed by atoms with Crippen LogP contribution in [0.1, 0.15) is 47.4 Å². The maximum atomic E-state index is 13.3. The molecule has 0 saturated heterocycles. The van der Waals surface area contributed by atoms with Crippen LogP contribution >= 0.6 is 27.7 Å². The fourth-order valence-electron chi connectivity index (χ4n) is 4.33. The first-order valence-electron chi connectivity index (χ1n) is 10.6. The Balaban J connectivity index is 1.54. The number of benzene rings is 2. The number of hydrogen-bond donors (Lipinski definition) is 2. The topological polar surface area (TPSA) is 74.8 Å². The SMILES string of the molecule is Cc1ccc(CSc2nc3c(c(=O)[nH]2)C(c2ccc(Br)cc2)C2=C(CCCC2=O)N3)cc1. The van der Waals surface area contributed by atoms with E-state index < -0.39 is 5.92 Å². The summed E-state index contributed by atoms with van der Waals surface area (Å²) in [7, 11) is 0. The van der Waals surface area contributed by atoms with E-state index >= 15 is 0 Å². The van der Waals surface area contributed by atoms with Crippen LogP contribution in [0, 0.1) is 6.92 Å². The van der Waals surface area contributed by atoms with Crippen LogP contribution in [0.4, 0.5) is 5.82 Å². The van der Waals surface area contributed by atoms with E-state index in [9.17, 15) is 9.59 Å². The highest BCUT2D eigenvalue weighted by atomic mass is 79.9. The lowest BCUT2D eigenvalue weighted by Gasteiger charge is -2.32. The Hall–Kier alpha value is -2.64. The summed E-state index contributed by atoms with van der Waals surface area (Å²) in [5, 5.41) is 3.90. The summed E-state index contributed by atoms with van der Waals surface area (Å²) < 4.78 is 0.953. The average Bonchev–Trinajstić information content (AvgIpc) is 2.78. The Morgan fingerprint density at radius 3 is 2.56 bits per heavy atom. The summed E-state index contributed by atoms with van der Waals surface area (Å²) in [4.78, 5) is 33.9. The van der Waals surface area contributed by atoms with Crippen molar-refractivity contribution in [1.82, 2.24) is 9.97 Å². The van der Waals surface area contributed by atoms with E-state index in [2.05, 4.69) is 57.4 Å². The molecule has 162 valence electrons. The maximum absolute atomic E-state index is 13.3.